The van der Waals surface area contributed by atoms with E-state index in [2.05, 4.69) is 36.3 Å². The fourth-order valence-corrected chi connectivity index (χ4v) is 2.40. The fraction of sp³-hybridized carbons (Fsp3) is 1.00. The molecule has 0 radical (unpaired) electrons. The predicted molar refractivity (Wildman–Crippen MR) is 66.2 cm³/mol. The Hall–Kier alpha value is -0.120. The topological polar surface area (TPSA) is 27.3 Å². The summed E-state index contributed by atoms with van der Waals surface area (Å²) in [5.41, 5.74) is 0. The van der Waals surface area contributed by atoms with Crippen LogP contribution < -0.4 is 10.6 Å². The molecule has 1 rings (SSSR count). The molecule has 0 aliphatic carbocycles. The van der Waals surface area contributed by atoms with Crippen LogP contribution in [0, 0.1) is 5.92 Å². The van der Waals surface area contributed by atoms with Crippen LogP contribution in [-0.4, -0.2) is 50.2 Å². The second-order valence-electron chi connectivity index (χ2n) is 5.18. The first kappa shape index (κ1) is 12.9. The Morgan fingerprint density at radius 2 is 2.13 bits per heavy atom. The van der Waals surface area contributed by atoms with Gasteiger partial charge in [0.2, 0.25) is 0 Å². The Bertz CT molecular complexity index is 170. The molecule has 0 bridgehead atoms. The highest BCUT2D eigenvalue weighted by atomic mass is 15.2. The van der Waals surface area contributed by atoms with Gasteiger partial charge in [0.05, 0.1) is 0 Å². The van der Waals surface area contributed by atoms with Crippen molar-refractivity contribution >= 4 is 0 Å². The van der Waals surface area contributed by atoms with Gasteiger partial charge in [-0.2, -0.15) is 0 Å². The van der Waals surface area contributed by atoms with Gasteiger partial charge < -0.3 is 10.6 Å². The van der Waals surface area contributed by atoms with Crippen LogP contribution in [-0.2, 0) is 0 Å². The minimum absolute atomic E-state index is 0.659. The first-order chi connectivity index (χ1) is 7.13. The molecule has 0 saturated carbocycles. The Labute approximate surface area is 94.6 Å². The van der Waals surface area contributed by atoms with E-state index in [-0.39, 0.29) is 0 Å². The zero-order chi connectivity index (χ0) is 11.3. The van der Waals surface area contributed by atoms with E-state index in [0.29, 0.717) is 12.1 Å². The molecule has 1 aliphatic rings. The monoisotopic (exact) mass is 213 g/mol. The summed E-state index contributed by atoms with van der Waals surface area (Å²) in [7, 11) is 2.03. The second-order valence-corrected chi connectivity index (χ2v) is 5.18. The van der Waals surface area contributed by atoms with E-state index >= 15 is 0 Å². The summed E-state index contributed by atoms with van der Waals surface area (Å²) in [4.78, 5) is 2.60. The first-order valence-electron chi connectivity index (χ1n) is 6.25. The first-order valence-corrected chi connectivity index (χ1v) is 6.25. The maximum Gasteiger partial charge on any atom is 0.0198 e. The lowest BCUT2D eigenvalue weighted by atomic mass is 10.0. The normalized spacial score (nSPS) is 25.8. The van der Waals surface area contributed by atoms with Crippen molar-refractivity contribution in [1.29, 1.82) is 0 Å². The van der Waals surface area contributed by atoms with E-state index in [0.717, 1.165) is 19.0 Å². The molecule has 2 unspecified atom stereocenters. The number of hydrogen-bond acceptors (Lipinski definition) is 3. The molecule has 15 heavy (non-hydrogen) atoms. The summed E-state index contributed by atoms with van der Waals surface area (Å²) in [6.45, 7) is 11.6. The van der Waals surface area contributed by atoms with Crippen LogP contribution in [0.1, 0.15) is 27.2 Å². The molecule has 0 aromatic carbocycles. The summed E-state index contributed by atoms with van der Waals surface area (Å²) >= 11 is 0. The smallest absolute Gasteiger partial charge is 0.0198 e. The quantitative estimate of drug-likeness (QED) is 0.711. The summed E-state index contributed by atoms with van der Waals surface area (Å²) in [6, 6.07) is 1.35. The average molecular weight is 213 g/mol. The molecule has 0 amide bonds. The Morgan fingerprint density at radius 1 is 1.40 bits per heavy atom. The minimum atomic E-state index is 0.659. The van der Waals surface area contributed by atoms with Gasteiger partial charge in [-0.3, -0.25) is 4.90 Å². The fourth-order valence-electron chi connectivity index (χ4n) is 2.40. The van der Waals surface area contributed by atoms with Crippen LogP contribution in [0.25, 0.3) is 0 Å². The van der Waals surface area contributed by atoms with Gasteiger partial charge in [-0.05, 0) is 26.3 Å². The number of piperazine rings is 1. The van der Waals surface area contributed by atoms with Crippen molar-refractivity contribution in [2.75, 3.05) is 33.2 Å². The minimum Gasteiger partial charge on any atom is -0.318 e. The van der Waals surface area contributed by atoms with E-state index < -0.39 is 0 Å². The molecular formula is C12H27N3. The van der Waals surface area contributed by atoms with Crippen LogP contribution in [0.4, 0.5) is 0 Å². The zero-order valence-electron chi connectivity index (χ0n) is 10.7. The van der Waals surface area contributed by atoms with Crippen molar-refractivity contribution in [3.8, 4) is 0 Å². The summed E-state index contributed by atoms with van der Waals surface area (Å²) < 4.78 is 0. The number of nitrogens with one attached hydrogen (secondary N) is 2. The lowest BCUT2D eigenvalue weighted by Gasteiger charge is -2.38. The van der Waals surface area contributed by atoms with Gasteiger partial charge in [-0.25, -0.2) is 0 Å². The van der Waals surface area contributed by atoms with Crippen LogP contribution in [0.3, 0.4) is 0 Å². The standard InChI is InChI=1S/C12H27N3/c1-10(2)7-12-9-15(6-5-14-12)11(3)8-13-4/h10-14H,5-9H2,1-4H3. The van der Waals surface area contributed by atoms with Crippen molar-refractivity contribution in [2.24, 2.45) is 5.92 Å². The van der Waals surface area contributed by atoms with Gasteiger partial charge in [-0.1, -0.05) is 13.8 Å². The molecule has 1 fully saturated rings. The molecule has 3 heteroatoms. The molecule has 3 nitrogen and oxygen atoms in total. The highest BCUT2D eigenvalue weighted by molar-refractivity contribution is 4.82. The van der Waals surface area contributed by atoms with Crippen molar-refractivity contribution < 1.29 is 0 Å². The third-order valence-electron chi connectivity index (χ3n) is 3.17. The summed E-state index contributed by atoms with van der Waals surface area (Å²) in [6.07, 6.45) is 1.29. The SMILES string of the molecule is CNCC(C)N1CCNC(CC(C)C)C1. The third kappa shape index (κ3) is 4.49. The van der Waals surface area contributed by atoms with E-state index in [9.17, 15) is 0 Å². The Morgan fingerprint density at radius 3 is 2.73 bits per heavy atom. The van der Waals surface area contributed by atoms with E-state index in [1.165, 1.54) is 19.5 Å². The molecular weight excluding hydrogens is 186 g/mol. The molecule has 1 heterocycles. The predicted octanol–water partition coefficient (Wildman–Crippen LogP) is 0.914. The van der Waals surface area contributed by atoms with Crippen LogP contribution in [0.5, 0.6) is 0 Å². The van der Waals surface area contributed by atoms with Crippen LogP contribution in [0.2, 0.25) is 0 Å². The molecule has 90 valence electrons. The van der Waals surface area contributed by atoms with Crippen molar-refractivity contribution in [3.05, 3.63) is 0 Å². The van der Waals surface area contributed by atoms with Crippen molar-refractivity contribution in [3.63, 3.8) is 0 Å². The third-order valence-corrected chi connectivity index (χ3v) is 3.17. The van der Waals surface area contributed by atoms with Gasteiger partial charge in [0.15, 0.2) is 0 Å². The molecule has 0 spiro atoms. The van der Waals surface area contributed by atoms with E-state index in [4.69, 9.17) is 0 Å². The largest absolute Gasteiger partial charge is 0.318 e. The Kier molecular flexibility index (Phi) is 5.58. The molecule has 2 atom stereocenters. The lowest BCUT2D eigenvalue weighted by Crippen LogP contribution is -2.55. The van der Waals surface area contributed by atoms with E-state index in [1.807, 2.05) is 7.05 Å². The molecule has 0 aromatic rings. The molecule has 1 saturated heterocycles. The zero-order valence-corrected chi connectivity index (χ0v) is 10.7. The van der Waals surface area contributed by atoms with Crippen molar-refractivity contribution in [2.45, 2.75) is 39.3 Å². The Balaban J connectivity index is 2.34. The number of rotatable bonds is 5. The maximum absolute atomic E-state index is 3.62. The number of nitrogens with zero attached hydrogens (tertiary/aromatic N) is 1. The second kappa shape index (κ2) is 6.46. The molecule has 2 N–H and O–H groups in total. The van der Waals surface area contributed by atoms with Gasteiger partial charge in [-0.15, -0.1) is 0 Å². The average Bonchev–Trinajstić information content (AvgIpc) is 2.17. The lowest BCUT2D eigenvalue weighted by molar-refractivity contribution is 0.143. The maximum atomic E-state index is 3.62. The molecule has 1 aliphatic heterocycles. The molecule has 0 aromatic heterocycles. The highest BCUT2D eigenvalue weighted by Gasteiger charge is 2.22. The summed E-state index contributed by atoms with van der Waals surface area (Å²) in [5.74, 6) is 0.794. The van der Waals surface area contributed by atoms with Gasteiger partial charge >= 0.3 is 0 Å². The van der Waals surface area contributed by atoms with Gasteiger partial charge in [0.25, 0.3) is 0 Å². The van der Waals surface area contributed by atoms with Crippen molar-refractivity contribution in [1.82, 2.24) is 15.5 Å². The highest BCUT2D eigenvalue weighted by Crippen LogP contribution is 2.11. The summed E-state index contributed by atoms with van der Waals surface area (Å²) in [5, 5.41) is 6.87. The van der Waals surface area contributed by atoms with Gasteiger partial charge in [0.1, 0.15) is 0 Å². The van der Waals surface area contributed by atoms with Gasteiger partial charge in [0, 0.05) is 38.3 Å². The number of hydrogen-bond donors (Lipinski definition) is 2. The van der Waals surface area contributed by atoms with Crippen LogP contribution >= 0.6 is 0 Å². The van der Waals surface area contributed by atoms with Crippen LogP contribution in [0.15, 0.2) is 0 Å². The van der Waals surface area contributed by atoms with E-state index in [1.54, 1.807) is 0 Å². The number of likely N-dealkylation sites (N-methyl/N-ethyl adjacent to an activating group) is 1.